The van der Waals surface area contributed by atoms with E-state index in [1.807, 2.05) is 31.3 Å². The number of likely N-dealkylation sites (N-methyl/N-ethyl adjacent to an activating group) is 2. The molecule has 1 atom stereocenters. The summed E-state index contributed by atoms with van der Waals surface area (Å²) in [4.78, 5) is 4.36. The summed E-state index contributed by atoms with van der Waals surface area (Å²) in [7, 11) is 4.15. The number of hydrogen-bond donors (Lipinski definition) is 0. The van der Waals surface area contributed by atoms with E-state index >= 15 is 0 Å². The second-order valence-electron chi connectivity index (χ2n) is 9.08. The van der Waals surface area contributed by atoms with Crippen molar-refractivity contribution in [3.05, 3.63) is 95.7 Å². The Hall–Kier alpha value is -2.74. The zero-order valence-electron chi connectivity index (χ0n) is 19.4. The first-order valence-corrected chi connectivity index (χ1v) is 10.4. The van der Waals surface area contributed by atoms with Crippen molar-refractivity contribution in [2.45, 2.75) is 44.5 Å². The van der Waals surface area contributed by atoms with Crippen molar-refractivity contribution in [1.29, 1.82) is 0 Å². The van der Waals surface area contributed by atoms with Crippen LogP contribution in [0, 0.1) is 0 Å². The molecule has 2 aromatic rings. The van der Waals surface area contributed by atoms with E-state index in [1.165, 1.54) is 22.5 Å². The SMILES string of the molecule is [2H]C1(/C=C/C=C/C=C2/N(C)c3ccccc3C2(C)C)N(C)c2ccccc2C1(C)C. The van der Waals surface area contributed by atoms with E-state index in [1.54, 1.807) is 0 Å². The minimum atomic E-state index is -0.826. The van der Waals surface area contributed by atoms with E-state index in [4.69, 9.17) is 0 Å². The summed E-state index contributed by atoms with van der Waals surface area (Å²) >= 11 is 0. The van der Waals surface area contributed by atoms with Crippen LogP contribution in [0.15, 0.2) is 84.6 Å². The van der Waals surface area contributed by atoms with E-state index in [9.17, 15) is 1.37 Å². The van der Waals surface area contributed by atoms with Crippen LogP contribution >= 0.6 is 0 Å². The first-order valence-electron chi connectivity index (χ1n) is 10.9. The Morgan fingerprint density at radius 1 is 0.828 bits per heavy atom. The maximum Gasteiger partial charge on any atom is 0.0584 e. The molecule has 2 heteroatoms. The van der Waals surface area contributed by atoms with Crippen molar-refractivity contribution in [1.82, 2.24) is 0 Å². The Kier molecular flexibility index (Phi) is 4.38. The lowest BCUT2D eigenvalue weighted by atomic mass is 9.80. The van der Waals surface area contributed by atoms with Crippen LogP contribution in [0.3, 0.4) is 0 Å². The molecule has 150 valence electrons. The summed E-state index contributed by atoms with van der Waals surface area (Å²) in [6, 6.07) is 16.1. The molecule has 1 unspecified atom stereocenters. The second kappa shape index (κ2) is 6.95. The minimum Gasteiger partial charge on any atom is -0.367 e. The normalized spacial score (nSPS) is 26.4. The number of anilines is 2. The Morgan fingerprint density at radius 3 is 2.10 bits per heavy atom. The number of benzene rings is 2. The van der Waals surface area contributed by atoms with Crippen LogP contribution in [-0.2, 0) is 10.8 Å². The van der Waals surface area contributed by atoms with Gasteiger partial charge < -0.3 is 9.80 Å². The highest BCUT2D eigenvalue weighted by atomic mass is 15.2. The first kappa shape index (κ1) is 18.3. The lowest BCUT2D eigenvalue weighted by Crippen LogP contribution is -2.37. The first-order chi connectivity index (χ1) is 14.1. The molecule has 0 spiro atoms. The average molecular weight is 386 g/mol. The van der Waals surface area contributed by atoms with Crippen molar-refractivity contribution in [3.8, 4) is 0 Å². The molecule has 0 amide bonds. The average Bonchev–Trinajstić information content (AvgIpc) is 3.01. The Labute approximate surface area is 177 Å². The molecule has 0 fully saturated rings. The summed E-state index contributed by atoms with van der Waals surface area (Å²) in [6.07, 6.45) is 10.4. The van der Waals surface area contributed by atoms with E-state index in [0.717, 1.165) is 5.69 Å². The van der Waals surface area contributed by atoms with E-state index in [0.29, 0.717) is 0 Å². The highest BCUT2D eigenvalue weighted by Gasteiger charge is 2.41. The van der Waals surface area contributed by atoms with Gasteiger partial charge in [-0.05, 0) is 29.3 Å². The molecular weight excluding hydrogens is 352 g/mol. The maximum absolute atomic E-state index is 9.24. The van der Waals surface area contributed by atoms with Gasteiger partial charge in [-0.1, -0.05) is 88.4 Å². The van der Waals surface area contributed by atoms with E-state index < -0.39 is 6.02 Å². The van der Waals surface area contributed by atoms with E-state index in [-0.39, 0.29) is 10.8 Å². The molecule has 2 aliphatic rings. The highest BCUT2D eigenvalue weighted by molar-refractivity contribution is 5.70. The number of allylic oxidation sites excluding steroid dienone is 5. The standard InChI is InChI=1S/C27H32N2/c1-26(2)20-14-10-12-16-22(20)28(5)24(26)18-8-7-9-19-25-27(3,4)21-15-11-13-17-23(21)29(25)6/h7-19,24H,1-6H3/b9-7+,18-8+,25-19+/i24D. The number of hydrogen-bond acceptors (Lipinski definition) is 2. The topological polar surface area (TPSA) is 6.48 Å². The highest BCUT2D eigenvalue weighted by Crippen LogP contribution is 2.47. The molecule has 2 aromatic carbocycles. The fourth-order valence-electron chi connectivity index (χ4n) is 4.96. The van der Waals surface area contributed by atoms with Crippen LogP contribution in [0.4, 0.5) is 11.4 Å². The summed E-state index contributed by atoms with van der Waals surface area (Å²) in [5.41, 5.74) is 5.96. The molecule has 0 radical (unpaired) electrons. The molecule has 0 aromatic heterocycles. The smallest absolute Gasteiger partial charge is 0.0584 e. The van der Waals surface area contributed by atoms with E-state index in [2.05, 4.69) is 99.2 Å². The zero-order chi connectivity index (χ0) is 21.7. The lowest BCUT2D eigenvalue weighted by molar-refractivity contribution is 0.488. The lowest BCUT2D eigenvalue weighted by Gasteiger charge is -2.29. The van der Waals surface area contributed by atoms with Gasteiger partial charge in [-0.2, -0.15) is 0 Å². The monoisotopic (exact) mass is 385 g/mol. The summed E-state index contributed by atoms with van der Waals surface area (Å²) < 4.78 is 9.24. The number of para-hydroxylation sites is 2. The van der Waals surface area contributed by atoms with Gasteiger partial charge in [0.2, 0.25) is 0 Å². The van der Waals surface area contributed by atoms with Gasteiger partial charge >= 0.3 is 0 Å². The van der Waals surface area contributed by atoms with Gasteiger partial charge in [-0.25, -0.2) is 0 Å². The van der Waals surface area contributed by atoms with Crippen LogP contribution in [0.5, 0.6) is 0 Å². The summed E-state index contributed by atoms with van der Waals surface area (Å²) in [5, 5.41) is 0. The molecular formula is C27H32N2. The number of rotatable bonds is 3. The Morgan fingerprint density at radius 2 is 1.45 bits per heavy atom. The van der Waals surface area contributed by atoms with Gasteiger partial charge in [0.05, 0.1) is 7.39 Å². The van der Waals surface area contributed by atoms with Crippen molar-refractivity contribution >= 4 is 11.4 Å². The zero-order valence-corrected chi connectivity index (χ0v) is 18.4. The Balaban J connectivity index is 1.57. The van der Waals surface area contributed by atoms with Crippen molar-refractivity contribution in [3.63, 3.8) is 0 Å². The van der Waals surface area contributed by atoms with Crippen molar-refractivity contribution in [2.75, 3.05) is 23.9 Å². The predicted molar refractivity (Wildman–Crippen MR) is 126 cm³/mol. The van der Waals surface area contributed by atoms with Gasteiger partial charge in [0.15, 0.2) is 0 Å². The van der Waals surface area contributed by atoms with Gasteiger partial charge in [-0.15, -0.1) is 0 Å². The van der Waals surface area contributed by atoms with Crippen LogP contribution in [-0.4, -0.2) is 20.1 Å². The number of fused-ring (bicyclic) bond motifs is 2. The molecule has 0 bridgehead atoms. The number of nitrogens with zero attached hydrogens (tertiary/aromatic N) is 2. The van der Waals surface area contributed by atoms with Gasteiger partial charge in [0, 0.05) is 42.0 Å². The quantitative estimate of drug-likeness (QED) is 0.580. The molecule has 0 saturated heterocycles. The predicted octanol–water partition coefficient (Wildman–Crippen LogP) is 6.21. The molecule has 0 N–H and O–H groups in total. The third kappa shape index (κ3) is 3.02. The molecule has 0 saturated carbocycles. The molecule has 0 aliphatic carbocycles. The Bertz CT molecular complexity index is 1060. The second-order valence-corrected chi connectivity index (χ2v) is 9.08. The largest absolute Gasteiger partial charge is 0.367 e. The van der Waals surface area contributed by atoms with Gasteiger partial charge in [0.25, 0.3) is 0 Å². The summed E-state index contributed by atoms with van der Waals surface area (Å²) in [6.45, 7) is 8.87. The molecule has 29 heavy (non-hydrogen) atoms. The summed E-state index contributed by atoms with van der Waals surface area (Å²) in [5.74, 6) is 0. The van der Waals surface area contributed by atoms with Crippen LogP contribution in [0.2, 0.25) is 0 Å². The van der Waals surface area contributed by atoms with Gasteiger partial charge in [0.1, 0.15) is 0 Å². The van der Waals surface area contributed by atoms with Crippen molar-refractivity contribution < 1.29 is 1.37 Å². The minimum absolute atomic E-state index is 0.0225. The third-order valence-corrected chi connectivity index (χ3v) is 6.61. The third-order valence-electron chi connectivity index (χ3n) is 6.61. The molecule has 2 nitrogen and oxygen atoms in total. The maximum atomic E-state index is 9.24. The molecule has 2 aliphatic heterocycles. The van der Waals surface area contributed by atoms with Crippen molar-refractivity contribution in [2.24, 2.45) is 0 Å². The van der Waals surface area contributed by atoms with Crippen LogP contribution < -0.4 is 9.80 Å². The van der Waals surface area contributed by atoms with Crippen LogP contribution in [0.25, 0.3) is 0 Å². The van der Waals surface area contributed by atoms with Gasteiger partial charge in [-0.3, -0.25) is 0 Å². The van der Waals surface area contributed by atoms with Crippen LogP contribution in [0.1, 0.15) is 40.2 Å². The molecule has 4 rings (SSSR count). The molecule has 2 heterocycles. The fraction of sp³-hybridized carbons (Fsp3) is 0.333. The fourth-order valence-corrected chi connectivity index (χ4v) is 4.96.